The summed E-state index contributed by atoms with van der Waals surface area (Å²) in [4.78, 5) is 14.8. The number of ketones is 1. The number of carbonyl (C=O) groups excluding carboxylic acids is 1. The molecule has 0 aliphatic heterocycles. The second-order valence-corrected chi connectivity index (χ2v) is 7.75. The number of hydrogen-bond donors (Lipinski definition) is 1. The monoisotopic (exact) mass is 400 g/mol. The fraction of sp³-hybridized carbons (Fsp3) is 0.333. The van der Waals surface area contributed by atoms with Crippen molar-refractivity contribution < 1.29 is 26.4 Å². The highest BCUT2D eigenvalue weighted by molar-refractivity contribution is 7.92. The molecule has 0 amide bonds. The highest BCUT2D eigenvalue weighted by Gasteiger charge is 2.31. The molecule has 9 heteroatoms. The van der Waals surface area contributed by atoms with Crippen LogP contribution in [0.3, 0.4) is 0 Å². The first-order valence-electron chi connectivity index (χ1n) is 8.18. The summed E-state index contributed by atoms with van der Waals surface area (Å²) >= 11 is 0. The molecule has 0 spiro atoms. The minimum Gasteiger partial charge on any atom is -0.300 e. The maximum atomic E-state index is 12.6. The lowest BCUT2D eigenvalue weighted by Gasteiger charge is -2.15. The van der Waals surface area contributed by atoms with Gasteiger partial charge in [-0.15, -0.1) is 0 Å². The molecule has 0 fully saturated rings. The topological polar surface area (TPSA) is 76.1 Å². The molecule has 27 heavy (non-hydrogen) atoms. The number of carbonyl (C=O) groups is 1. The van der Waals surface area contributed by atoms with Crippen LogP contribution in [0.5, 0.6) is 0 Å². The number of sulfonamides is 1. The highest BCUT2D eigenvalue weighted by Crippen LogP contribution is 2.29. The van der Waals surface area contributed by atoms with Gasteiger partial charge in [0.2, 0.25) is 0 Å². The van der Waals surface area contributed by atoms with Crippen molar-refractivity contribution in [3.05, 3.63) is 53.7 Å². The number of nitrogens with one attached hydrogen (secondary N) is 1. The average molecular weight is 400 g/mol. The Balaban J connectivity index is 2.25. The lowest BCUT2D eigenvalue weighted by atomic mass is 9.91. The van der Waals surface area contributed by atoms with Crippen LogP contribution in [0.4, 0.5) is 18.9 Å². The first kappa shape index (κ1) is 20.9. The van der Waals surface area contributed by atoms with Gasteiger partial charge in [0.1, 0.15) is 5.78 Å². The zero-order valence-electron chi connectivity index (χ0n) is 14.7. The molecule has 0 bridgehead atoms. The molecular formula is C18H19F3N2O3S. The first-order valence-corrected chi connectivity index (χ1v) is 9.66. The minimum atomic E-state index is -4.59. The van der Waals surface area contributed by atoms with Crippen LogP contribution in [0.15, 0.2) is 47.6 Å². The van der Waals surface area contributed by atoms with E-state index in [0.717, 1.165) is 11.6 Å². The fourth-order valence-corrected chi connectivity index (χ4v) is 3.60. The number of hydrogen-bond acceptors (Lipinski definition) is 4. The number of Topliss-reactive ketones (excluding diaryl/α,β-unsaturated/α-hetero) is 1. The summed E-state index contributed by atoms with van der Waals surface area (Å²) in [5.41, 5.74) is 0.0166. The predicted molar refractivity (Wildman–Crippen MR) is 94.8 cm³/mol. The van der Waals surface area contributed by atoms with E-state index in [-0.39, 0.29) is 17.4 Å². The van der Waals surface area contributed by atoms with Crippen LogP contribution in [0.1, 0.15) is 43.7 Å². The van der Waals surface area contributed by atoms with Crippen molar-refractivity contribution in [1.29, 1.82) is 0 Å². The van der Waals surface area contributed by atoms with Gasteiger partial charge in [-0.1, -0.05) is 19.1 Å². The quantitative estimate of drug-likeness (QED) is 0.749. The minimum absolute atomic E-state index is 0.0294. The van der Waals surface area contributed by atoms with E-state index in [1.165, 1.54) is 13.0 Å². The van der Waals surface area contributed by atoms with Crippen LogP contribution in [0, 0.1) is 0 Å². The number of aromatic nitrogens is 1. The van der Waals surface area contributed by atoms with E-state index in [2.05, 4.69) is 9.71 Å². The summed E-state index contributed by atoms with van der Waals surface area (Å²) in [5.74, 6) is -0.0158. The van der Waals surface area contributed by atoms with E-state index in [0.29, 0.717) is 25.1 Å². The second kappa shape index (κ2) is 8.08. The molecule has 1 atom stereocenters. The summed E-state index contributed by atoms with van der Waals surface area (Å²) in [6.07, 6.45) is -3.07. The molecule has 0 saturated heterocycles. The number of nitrogens with zero attached hydrogens (tertiary/aromatic N) is 1. The Morgan fingerprint density at radius 1 is 1.22 bits per heavy atom. The Bertz CT molecular complexity index is 910. The zero-order valence-corrected chi connectivity index (χ0v) is 15.6. The Hall–Kier alpha value is -2.42. The van der Waals surface area contributed by atoms with Gasteiger partial charge in [0.05, 0.1) is 5.56 Å². The van der Waals surface area contributed by atoms with Crippen molar-refractivity contribution in [3.8, 4) is 0 Å². The number of benzene rings is 1. The predicted octanol–water partition coefficient (Wildman–Crippen LogP) is 4.37. The first-order chi connectivity index (χ1) is 12.5. The molecule has 5 nitrogen and oxygen atoms in total. The van der Waals surface area contributed by atoms with E-state index in [1.54, 1.807) is 18.2 Å². The Morgan fingerprint density at radius 3 is 2.44 bits per heavy atom. The third-order valence-electron chi connectivity index (χ3n) is 3.98. The Morgan fingerprint density at radius 2 is 1.93 bits per heavy atom. The summed E-state index contributed by atoms with van der Waals surface area (Å²) in [6.45, 7) is 3.42. The van der Waals surface area contributed by atoms with Gasteiger partial charge in [0.15, 0.2) is 5.03 Å². The van der Waals surface area contributed by atoms with Gasteiger partial charge in [-0.2, -0.15) is 21.6 Å². The molecular weight excluding hydrogens is 381 g/mol. The van der Waals surface area contributed by atoms with E-state index < -0.39 is 26.8 Å². The molecule has 2 rings (SSSR count). The molecule has 1 aromatic carbocycles. The molecule has 0 aliphatic rings. The Labute approximate surface area is 155 Å². The lowest BCUT2D eigenvalue weighted by molar-refractivity contribution is -0.137. The number of halogens is 3. The molecule has 0 radical (unpaired) electrons. The average Bonchev–Trinajstić information content (AvgIpc) is 2.58. The largest absolute Gasteiger partial charge is 0.417 e. The van der Waals surface area contributed by atoms with E-state index in [1.807, 2.05) is 6.92 Å². The summed E-state index contributed by atoms with van der Waals surface area (Å²) < 4.78 is 64.8. The van der Waals surface area contributed by atoms with Crippen molar-refractivity contribution in [3.63, 3.8) is 0 Å². The zero-order chi connectivity index (χ0) is 20.2. The summed E-state index contributed by atoms with van der Waals surface area (Å²) in [5, 5.41) is -0.517. The van der Waals surface area contributed by atoms with E-state index in [9.17, 15) is 26.4 Å². The molecule has 1 unspecified atom stereocenters. The van der Waals surface area contributed by atoms with Crippen molar-refractivity contribution in [1.82, 2.24) is 4.98 Å². The number of anilines is 1. The maximum absolute atomic E-state index is 12.6. The standard InChI is InChI=1S/C18H19F3N2O3S/c1-3-13(9-12(2)24)14-5-4-6-16(10-14)23-27(25,26)17-8-7-15(11-22-17)18(19,20)21/h4-8,10-11,13,23H,3,9H2,1-2H3. The van der Waals surface area contributed by atoms with Crippen LogP contribution in [-0.2, 0) is 21.0 Å². The fourth-order valence-electron chi connectivity index (χ4n) is 2.62. The third kappa shape index (κ3) is 5.53. The molecule has 0 aliphatic carbocycles. The summed E-state index contributed by atoms with van der Waals surface area (Å²) in [7, 11) is -4.14. The van der Waals surface area contributed by atoms with Gasteiger partial charge in [0.25, 0.3) is 10.0 Å². The van der Waals surface area contributed by atoms with Crippen LogP contribution in [0.25, 0.3) is 0 Å². The maximum Gasteiger partial charge on any atom is 0.417 e. The molecule has 1 aromatic heterocycles. The van der Waals surface area contributed by atoms with E-state index >= 15 is 0 Å². The molecule has 146 valence electrons. The number of alkyl halides is 3. The van der Waals surface area contributed by atoms with Crippen molar-refractivity contribution >= 4 is 21.5 Å². The van der Waals surface area contributed by atoms with Gasteiger partial charge >= 0.3 is 6.18 Å². The number of pyridine rings is 1. The molecule has 2 aromatic rings. The van der Waals surface area contributed by atoms with Crippen molar-refractivity contribution in [2.45, 2.75) is 43.8 Å². The normalized spacial score (nSPS) is 13.2. The van der Waals surface area contributed by atoms with Gasteiger partial charge in [-0.3, -0.25) is 4.72 Å². The SMILES string of the molecule is CCC(CC(C)=O)c1cccc(NS(=O)(=O)c2ccc(C(F)(F)F)cn2)c1. The summed E-state index contributed by atoms with van der Waals surface area (Å²) in [6, 6.07) is 8.05. The van der Waals surface area contributed by atoms with Gasteiger partial charge in [-0.25, -0.2) is 4.98 Å². The van der Waals surface area contributed by atoms with Crippen molar-refractivity contribution in [2.24, 2.45) is 0 Å². The molecule has 1 heterocycles. The smallest absolute Gasteiger partial charge is 0.300 e. The highest BCUT2D eigenvalue weighted by atomic mass is 32.2. The van der Waals surface area contributed by atoms with Gasteiger partial charge in [-0.05, 0) is 49.1 Å². The van der Waals surface area contributed by atoms with Crippen LogP contribution >= 0.6 is 0 Å². The molecule has 1 N–H and O–H groups in total. The van der Waals surface area contributed by atoms with Gasteiger partial charge in [0, 0.05) is 18.3 Å². The number of rotatable bonds is 7. The van der Waals surface area contributed by atoms with E-state index in [4.69, 9.17) is 0 Å². The van der Waals surface area contributed by atoms with Crippen LogP contribution < -0.4 is 4.72 Å². The lowest BCUT2D eigenvalue weighted by Crippen LogP contribution is -2.16. The van der Waals surface area contributed by atoms with Crippen LogP contribution in [0.2, 0.25) is 0 Å². The van der Waals surface area contributed by atoms with Crippen molar-refractivity contribution in [2.75, 3.05) is 4.72 Å². The Kier molecular flexibility index (Phi) is 6.25. The second-order valence-electron chi connectivity index (χ2n) is 6.13. The third-order valence-corrected chi connectivity index (χ3v) is 5.27. The molecule has 0 saturated carbocycles. The van der Waals surface area contributed by atoms with Crippen LogP contribution in [-0.4, -0.2) is 19.2 Å². The van der Waals surface area contributed by atoms with Gasteiger partial charge < -0.3 is 4.79 Å².